The van der Waals surface area contributed by atoms with E-state index in [1.807, 2.05) is 124 Å². The first-order valence-corrected chi connectivity index (χ1v) is 24.1. The Kier molecular flexibility index (Phi) is 17.8. The highest BCUT2D eigenvalue weighted by Gasteiger charge is 2.27. The van der Waals surface area contributed by atoms with Crippen LogP contribution in [0.4, 0.5) is 5.69 Å². The van der Waals surface area contributed by atoms with E-state index < -0.39 is 0 Å². The molecule has 0 radical (unpaired) electrons. The van der Waals surface area contributed by atoms with Crippen LogP contribution in [0.3, 0.4) is 0 Å². The lowest BCUT2D eigenvalue weighted by Gasteiger charge is -2.20. The summed E-state index contributed by atoms with van der Waals surface area (Å²) in [5.41, 5.74) is 20.7. The quantitative estimate of drug-likeness (QED) is 0.117. The van der Waals surface area contributed by atoms with Crippen molar-refractivity contribution in [3.63, 3.8) is 0 Å². The number of benzene rings is 6. The van der Waals surface area contributed by atoms with Crippen molar-refractivity contribution in [3.8, 4) is 46.0 Å². The van der Waals surface area contributed by atoms with E-state index in [0.717, 1.165) is 103 Å². The van der Waals surface area contributed by atoms with Crippen molar-refractivity contribution in [3.05, 3.63) is 158 Å². The largest absolute Gasteiger partial charge is 0.493 e. The van der Waals surface area contributed by atoms with Crippen molar-refractivity contribution in [1.82, 2.24) is 0 Å². The van der Waals surface area contributed by atoms with Crippen LogP contribution in [0.1, 0.15) is 90.1 Å². The summed E-state index contributed by atoms with van der Waals surface area (Å²) in [5, 5.41) is 27.3. The first kappa shape index (κ1) is 53.6. The van der Waals surface area contributed by atoms with Crippen molar-refractivity contribution in [1.29, 1.82) is 0 Å². The Bertz CT molecular complexity index is 3220. The van der Waals surface area contributed by atoms with Gasteiger partial charge in [0.05, 0.1) is 56.9 Å². The van der Waals surface area contributed by atoms with E-state index in [1.54, 1.807) is 56.9 Å². The van der Waals surface area contributed by atoms with Gasteiger partial charge in [0, 0.05) is 80.0 Å². The van der Waals surface area contributed by atoms with Crippen LogP contribution in [0, 0.1) is 0 Å². The second-order valence-electron chi connectivity index (χ2n) is 17.3. The Morgan fingerprint density at radius 3 is 1.36 bits per heavy atom. The zero-order valence-corrected chi connectivity index (χ0v) is 44.7. The molecule has 9 rings (SSSR count). The minimum absolute atomic E-state index is 0.149. The van der Waals surface area contributed by atoms with Gasteiger partial charge in [0.15, 0.2) is 46.0 Å². The summed E-state index contributed by atoms with van der Waals surface area (Å²) >= 11 is 6.13. The van der Waals surface area contributed by atoms with E-state index in [1.165, 1.54) is 0 Å². The smallest absolute Gasteiger partial charge is 0.161 e. The molecule has 3 aliphatic heterocycles. The van der Waals surface area contributed by atoms with Gasteiger partial charge in [0.1, 0.15) is 17.1 Å². The first-order chi connectivity index (χ1) is 35.8. The van der Waals surface area contributed by atoms with Gasteiger partial charge in [-0.05, 0) is 123 Å². The molecule has 3 aliphatic rings. The van der Waals surface area contributed by atoms with Gasteiger partial charge in [-0.3, -0.25) is 0 Å². The molecule has 74 heavy (non-hydrogen) atoms. The predicted molar refractivity (Wildman–Crippen MR) is 297 cm³/mol. The average Bonchev–Trinajstić information content (AvgIpc) is 3.76. The second kappa shape index (κ2) is 24.5. The van der Waals surface area contributed by atoms with Gasteiger partial charge in [-0.2, -0.15) is 15.3 Å². The van der Waals surface area contributed by atoms with Crippen molar-refractivity contribution >= 4 is 51.6 Å². The summed E-state index contributed by atoms with van der Waals surface area (Å²) < 4.78 is 43.6. The van der Waals surface area contributed by atoms with Crippen LogP contribution in [0.25, 0.3) is 0 Å². The highest BCUT2D eigenvalue weighted by Crippen LogP contribution is 2.40. The fourth-order valence-corrected chi connectivity index (χ4v) is 9.05. The number of methoxy groups -OCH3 is 8. The molecule has 0 fully saturated rings. The standard InChI is InChI=1S/C22H26N2O4.C18H17ClN2O2.C18H19N3O2/c1-7-15-13(2)23-24-22(14-8-9-18(25-3)19(10-14)26-4)17-12-21(28-6)20(27-5)11-16(15)17;1-11-7-13-9-16(22-2)17(23-3)10-15(13)18(21-20-11)12-5-4-6-14(19)8-12;1-11-8-13-9-16(22-2)17(23-3)10-15(13)18(21-20-11)12-4-6-14(19)7-5-12/h8-12,15H,7H2,1-6H3;4-6,8-10H,7H2,1-3H3;4-7,9-10H,8,19H2,1-3H3. The minimum Gasteiger partial charge on any atom is -0.493 e. The van der Waals surface area contributed by atoms with Crippen molar-refractivity contribution < 1.29 is 37.9 Å². The van der Waals surface area contributed by atoms with Crippen LogP contribution < -0.4 is 43.6 Å². The number of nitrogen functional groups attached to an aromatic ring is 1. The lowest BCUT2D eigenvalue weighted by atomic mass is 9.85. The predicted octanol–water partition coefficient (Wildman–Crippen LogP) is 11.6. The molecule has 3 heterocycles. The Balaban J connectivity index is 0.000000163. The molecule has 1 atom stereocenters. The molecular weight excluding hydrogens is 958 g/mol. The number of rotatable bonds is 12. The molecule has 0 spiro atoms. The van der Waals surface area contributed by atoms with Crippen LogP contribution in [-0.4, -0.2) is 91.1 Å². The fourth-order valence-electron chi connectivity index (χ4n) is 8.86. The zero-order chi connectivity index (χ0) is 53.1. The third-order valence-corrected chi connectivity index (χ3v) is 12.8. The van der Waals surface area contributed by atoms with Crippen LogP contribution in [0.15, 0.2) is 134 Å². The Labute approximate surface area is 438 Å². The number of nitrogens with zero attached hydrogens (tertiary/aromatic N) is 6. The van der Waals surface area contributed by atoms with Crippen molar-refractivity contribution in [2.45, 2.75) is 52.9 Å². The normalized spacial score (nSPS) is 14.4. The lowest BCUT2D eigenvalue weighted by molar-refractivity contribution is 0.354. The molecule has 0 saturated heterocycles. The monoisotopic (exact) mass is 1020 g/mol. The SMILES string of the molecule is CCC1C(C)=NN=C(c2ccc(OC)c(OC)c2)c2cc(OC)c(OC)cc21.COc1cc2c(cc1OC)C(c1ccc(N)cc1)=NN=C(C)C2.COc1cc2c(cc1OC)C(c1cccc(Cl)c1)=NN=C(C)C2. The van der Waals surface area contributed by atoms with E-state index in [-0.39, 0.29) is 5.92 Å². The van der Waals surface area contributed by atoms with Crippen LogP contribution in [0.5, 0.6) is 46.0 Å². The molecule has 0 aromatic heterocycles. The third-order valence-electron chi connectivity index (χ3n) is 12.6. The highest BCUT2D eigenvalue weighted by atomic mass is 35.5. The van der Waals surface area contributed by atoms with Crippen molar-refractivity contribution in [2.75, 3.05) is 62.6 Å². The fraction of sp³-hybridized carbons (Fsp3) is 0.276. The average molecular weight is 1020 g/mol. The van der Waals surface area contributed by atoms with Crippen LogP contribution >= 0.6 is 11.6 Å². The van der Waals surface area contributed by atoms with Gasteiger partial charge in [-0.25, -0.2) is 0 Å². The second-order valence-corrected chi connectivity index (χ2v) is 17.7. The van der Waals surface area contributed by atoms with Gasteiger partial charge in [0.2, 0.25) is 0 Å². The van der Waals surface area contributed by atoms with E-state index in [2.05, 4.69) is 37.5 Å². The summed E-state index contributed by atoms with van der Waals surface area (Å²) in [6.45, 7) is 8.09. The summed E-state index contributed by atoms with van der Waals surface area (Å²) in [5.74, 6) is 5.56. The maximum atomic E-state index is 6.13. The van der Waals surface area contributed by atoms with E-state index in [4.69, 9.17) is 55.2 Å². The molecule has 15 nitrogen and oxygen atoms in total. The number of anilines is 1. The molecule has 1 unspecified atom stereocenters. The number of hydrogen-bond acceptors (Lipinski definition) is 15. The number of halogens is 1. The van der Waals surface area contributed by atoms with Gasteiger partial charge < -0.3 is 43.6 Å². The van der Waals surface area contributed by atoms with E-state index in [9.17, 15) is 0 Å². The topological polar surface area (TPSA) is 174 Å². The first-order valence-electron chi connectivity index (χ1n) is 23.8. The lowest BCUT2D eigenvalue weighted by Crippen LogP contribution is -2.13. The Hall–Kier alpha value is -8.17. The number of fused-ring (bicyclic) bond motifs is 3. The molecule has 0 amide bonds. The van der Waals surface area contributed by atoms with E-state index in [0.29, 0.717) is 57.4 Å². The van der Waals surface area contributed by atoms with Gasteiger partial charge in [-0.15, -0.1) is 15.3 Å². The Morgan fingerprint density at radius 2 is 0.865 bits per heavy atom. The molecular formula is C58H62ClN7O8. The number of hydrogen-bond donors (Lipinski definition) is 1. The van der Waals surface area contributed by atoms with Crippen molar-refractivity contribution in [2.24, 2.45) is 30.6 Å². The van der Waals surface area contributed by atoms with Gasteiger partial charge in [-0.1, -0.05) is 42.8 Å². The third kappa shape index (κ3) is 11.8. The molecule has 6 aromatic rings. The molecule has 2 N–H and O–H groups in total. The van der Waals surface area contributed by atoms with Crippen LogP contribution in [-0.2, 0) is 12.8 Å². The number of ether oxygens (including phenoxy) is 8. The van der Waals surface area contributed by atoms with Gasteiger partial charge >= 0.3 is 0 Å². The molecule has 0 bridgehead atoms. The molecule has 16 heteroatoms. The molecule has 0 saturated carbocycles. The molecule has 0 aliphatic carbocycles. The summed E-state index contributed by atoms with van der Waals surface area (Å²) in [7, 11) is 13.0. The Morgan fingerprint density at radius 1 is 0.446 bits per heavy atom. The zero-order valence-electron chi connectivity index (χ0n) is 43.9. The van der Waals surface area contributed by atoms with Crippen LogP contribution in [0.2, 0.25) is 5.02 Å². The summed E-state index contributed by atoms with van der Waals surface area (Å²) in [6, 6.07) is 32.8. The summed E-state index contributed by atoms with van der Waals surface area (Å²) in [6.07, 6.45) is 2.34. The summed E-state index contributed by atoms with van der Waals surface area (Å²) in [4.78, 5) is 0. The number of nitrogens with two attached hydrogens (primary N) is 1. The maximum absolute atomic E-state index is 6.13. The maximum Gasteiger partial charge on any atom is 0.161 e. The molecule has 6 aromatic carbocycles. The van der Waals surface area contributed by atoms with Gasteiger partial charge in [0.25, 0.3) is 0 Å². The van der Waals surface area contributed by atoms with E-state index >= 15 is 0 Å². The minimum atomic E-state index is 0.149. The highest BCUT2D eigenvalue weighted by molar-refractivity contribution is 6.31. The molecule has 384 valence electrons.